The molecule has 1 fully saturated rings. The van der Waals surface area contributed by atoms with E-state index in [1.54, 1.807) is 36.4 Å². The molecule has 1 heterocycles. The number of nitrogens with zero attached hydrogens (tertiary/aromatic N) is 1. The van der Waals surface area contributed by atoms with Gasteiger partial charge in [0.25, 0.3) is 0 Å². The van der Waals surface area contributed by atoms with Crippen LogP contribution < -0.4 is 26.2 Å². The Labute approximate surface area is 148 Å². The minimum Gasteiger partial charge on any atom is -0.487 e. The Morgan fingerprint density at radius 3 is 2.70 bits per heavy atom. The van der Waals surface area contributed by atoms with Crippen LogP contribution in [0.25, 0.3) is 0 Å². The summed E-state index contributed by atoms with van der Waals surface area (Å²) in [5, 5.41) is 2.22. The molecule has 120 valence electrons. The van der Waals surface area contributed by atoms with E-state index in [1.165, 1.54) is 5.01 Å². The first-order chi connectivity index (χ1) is 11.1. The second kappa shape index (κ2) is 6.86. The number of carbonyl (C=O) groups is 1. The minimum atomic E-state index is -0.356. The van der Waals surface area contributed by atoms with Crippen molar-refractivity contribution in [2.45, 2.75) is 11.5 Å². The zero-order valence-electron chi connectivity index (χ0n) is 11.6. The Morgan fingerprint density at radius 2 is 2.00 bits per heavy atom. The molecule has 3 rings (SSSR count). The predicted molar refractivity (Wildman–Crippen MR) is 91.8 cm³/mol. The number of hydrogen-bond donors (Lipinski definition) is 4. The second-order valence-electron chi connectivity index (χ2n) is 4.64. The van der Waals surface area contributed by atoms with Crippen LogP contribution in [0.1, 0.15) is 5.56 Å². The molecule has 23 heavy (non-hydrogen) atoms. The summed E-state index contributed by atoms with van der Waals surface area (Å²) in [5.74, 6) is 0.507. The fourth-order valence-electron chi connectivity index (χ4n) is 2.07. The molecule has 1 aliphatic rings. The Kier molecular flexibility index (Phi) is 4.84. The molecule has 3 N–H and O–H groups in total. The first-order valence-electron chi connectivity index (χ1n) is 6.55. The van der Waals surface area contributed by atoms with Crippen molar-refractivity contribution in [1.82, 2.24) is 16.5 Å². The lowest BCUT2D eigenvalue weighted by Crippen LogP contribution is -2.38. The van der Waals surface area contributed by atoms with Crippen molar-refractivity contribution < 1.29 is 9.53 Å². The molecule has 1 aliphatic heterocycles. The van der Waals surface area contributed by atoms with Gasteiger partial charge in [-0.2, -0.15) is 0 Å². The van der Waals surface area contributed by atoms with Crippen LogP contribution in [0.2, 0.25) is 10.0 Å². The van der Waals surface area contributed by atoms with Crippen LogP contribution >= 0.6 is 35.8 Å². The summed E-state index contributed by atoms with van der Waals surface area (Å²) >= 11 is 16.6. The van der Waals surface area contributed by atoms with Gasteiger partial charge in [-0.25, -0.2) is 9.80 Å². The number of nitrogens with one attached hydrogen (secondary N) is 3. The van der Waals surface area contributed by atoms with Crippen molar-refractivity contribution in [2.24, 2.45) is 0 Å². The maximum absolute atomic E-state index is 11.8. The number of benzene rings is 2. The summed E-state index contributed by atoms with van der Waals surface area (Å²) in [4.78, 5) is 12.5. The summed E-state index contributed by atoms with van der Waals surface area (Å²) in [7, 11) is 0. The van der Waals surface area contributed by atoms with Crippen LogP contribution in [0.3, 0.4) is 0 Å². The normalized spacial score (nSPS) is 14.0. The summed E-state index contributed by atoms with van der Waals surface area (Å²) in [5.41, 5.74) is 8.83. The topological polar surface area (TPSA) is 65.6 Å². The van der Waals surface area contributed by atoms with Crippen LogP contribution in [-0.2, 0) is 6.61 Å². The van der Waals surface area contributed by atoms with Gasteiger partial charge in [0.1, 0.15) is 12.4 Å². The van der Waals surface area contributed by atoms with E-state index in [2.05, 4.69) is 29.1 Å². The van der Waals surface area contributed by atoms with Gasteiger partial charge in [0.15, 0.2) is 0 Å². The Bertz CT molecular complexity index is 760. The first-order valence-corrected chi connectivity index (χ1v) is 7.76. The number of urea groups is 1. The van der Waals surface area contributed by atoms with Gasteiger partial charge in [-0.3, -0.25) is 5.43 Å². The number of hydrazine groups is 3. The maximum Gasteiger partial charge on any atom is 0.353 e. The molecule has 1 saturated heterocycles. The van der Waals surface area contributed by atoms with Gasteiger partial charge in [-0.05, 0) is 30.3 Å². The molecule has 0 bridgehead atoms. The van der Waals surface area contributed by atoms with E-state index < -0.39 is 0 Å². The van der Waals surface area contributed by atoms with Crippen molar-refractivity contribution in [2.75, 3.05) is 5.01 Å². The predicted octanol–water partition coefficient (Wildman–Crippen LogP) is 3.31. The second-order valence-corrected chi connectivity index (χ2v) is 5.97. The number of halogens is 2. The standard InChI is InChI=1S/C14H12Cl2N4O2S/c15-10-2-1-3-12(20-14(21)17-18-19-20)9(10)7-22-13-5-4-8(23)6-11(13)16/h1-6,18-19,23H,7H2,(H,17,21). The first kappa shape index (κ1) is 16.2. The zero-order valence-corrected chi connectivity index (χ0v) is 14.0. The van der Waals surface area contributed by atoms with Gasteiger partial charge < -0.3 is 4.74 Å². The molecule has 0 atom stereocenters. The highest BCUT2D eigenvalue weighted by Gasteiger charge is 2.24. The fraction of sp³-hybridized carbons (Fsp3) is 0.0714. The van der Waals surface area contributed by atoms with Gasteiger partial charge in [0.2, 0.25) is 0 Å². The quantitative estimate of drug-likeness (QED) is 0.623. The van der Waals surface area contributed by atoms with E-state index in [0.29, 0.717) is 27.0 Å². The van der Waals surface area contributed by atoms with Crippen LogP contribution in [-0.4, -0.2) is 6.03 Å². The molecular formula is C14H12Cl2N4O2S. The SMILES string of the molecule is O=C1NNNN1c1cccc(Cl)c1COc1ccc(S)cc1Cl. The van der Waals surface area contributed by atoms with E-state index in [9.17, 15) is 4.79 Å². The number of ether oxygens (including phenoxy) is 1. The van der Waals surface area contributed by atoms with Crippen molar-refractivity contribution in [3.63, 3.8) is 0 Å². The lowest BCUT2D eigenvalue weighted by Gasteiger charge is -2.19. The van der Waals surface area contributed by atoms with Gasteiger partial charge in [-0.15, -0.1) is 23.7 Å². The lowest BCUT2D eigenvalue weighted by molar-refractivity contribution is 0.250. The summed E-state index contributed by atoms with van der Waals surface area (Å²) in [6, 6.07) is 10.1. The van der Waals surface area contributed by atoms with Gasteiger partial charge >= 0.3 is 6.03 Å². The average molecular weight is 371 g/mol. The number of hydrogen-bond acceptors (Lipinski definition) is 5. The van der Waals surface area contributed by atoms with Crippen LogP contribution in [0.5, 0.6) is 5.75 Å². The number of thiol groups is 1. The maximum atomic E-state index is 11.8. The zero-order chi connectivity index (χ0) is 16.4. The number of carbonyl (C=O) groups excluding carboxylic acids is 1. The molecule has 0 spiro atoms. The highest BCUT2D eigenvalue weighted by Crippen LogP contribution is 2.31. The Hall–Kier alpha value is -1.64. The third-order valence-electron chi connectivity index (χ3n) is 3.16. The molecule has 2 aromatic carbocycles. The molecule has 0 unspecified atom stereocenters. The van der Waals surface area contributed by atoms with Gasteiger partial charge in [0, 0.05) is 15.5 Å². The highest BCUT2D eigenvalue weighted by atomic mass is 35.5. The van der Waals surface area contributed by atoms with Gasteiger partial charge in [-0.1, -0.05) is 29.3 Å². The van der Waals surface area contributed by atoms with E-state index >= 15 is 0 Å². The van der Waals surface area contributed by atoms with E-state index in [1.807, 2.05) is 0 Å². The lowest BCUT2D eigenvalue weighted by atomic mass is 10.2. The monoisotopic (exact) mass is 370 g/mol. The third kappa shape index (κ3) is 3.49. The number of rotatable bonds is 4. The van der Waals surface area contributed by atoms with Crippen LogP contribution in [0.15, 0.2) is 41.3 Å². The largest absolute Gasteiger partial charge is 0.487 e. The summed E-state index contributed by atoms with van der Waals surface area (Å²) in [6.45, 7) is 0.145. The molecular weight excluding hydrogens is 359 g/mol. The fourth-order valence-corrected chi connectivity index (χ4v) is 2.81. The molecule has 0 radical (unpaired) electrons. The Morgan fingerprint density at radius 1 is 1.17 bits per heavy atom. The Balaban J connectivity index is 1.86. The average Bonchev–Trinajstić information content (AvgIpc) is 2.93. The van der Waals surface area contributed by atoms with Gasteiger partial charge in [0.05, 0.1) is 10.7 Å². The third-order valence-corrected chi connectivity index (χ3v) is 4.09. The smallest absolute Gasteiger partial charge is 0.353 e. The van der Waals surface area contributed by atoms with E-state index in [4.69, 9.17) is 27.9 Å². The van der Waals surface area contributed by atoms with Crippen LogP contribution in [0, 0.1) is 0 Å². The number of anilines is 1. The van der Waals surface area contributed by atoms with Crippen molar-refractivity contribution >= 4 is 47.5 Å². The van der Waals surface area contributed by atoms with E-state index in [0.717, 1.165) is 4.90 Å². The van der Waals surface area contributed by atoms with E-state index in [-0.39, 0.29) is 12.6 Å². The molecule has 2 aromatic rings. The summed E-state index contributed by atoms with van der Waals surface area (Å²) in [6.07, 6.45) is 0. The molecule has 0 saturated carbocycles. The summed E-state index contributed by atoms with van der Waals surface area (Å²) < 4.78 is 5.74. The van der Waals surface area contributed by atoms with Crippen LogP contribution in [0.4, 0.5) is 10.5 Å². The highest BCUT2D eigenvalue weighted by molar-refractivity contribution is 7.80. The van der Waals surface area contributed by atoms with Crippen molar-refractivity contribution in [3.8, 4) is 5.75 Å². The van der Waals surface area contributed by atoms with Crippen molar-refractivity contribution in [3.05, 3.63) is 52.0 Å². The number of amides is 2. The molecule has 9 heteroatoms. The minimum absolute atomic E-state index is 0.145. The molecule has 6 nitrogen and oxygen atoms in total. The molecule has 0 aromatic heterocycles. The molecule has 0 aliphatic carbocycles. The van der Waals surface area contributed by atoms with Crippen molar-refractivity contribution in [1.29, 1.82) is 0 Å². The molecule has 2 amide bonds.